The molecule has 0 saturated carbocycles. The summed E-state index contributed by atoms with van der Waals surface area (Å²) in [4.78, 5) is 25.7. The highest BCUT2D eigenvalue weighted by Gasteiger charge is 2.17. The number of pyridine rings is 2. The van der Waals surface area contributed by atoms with Crippen LogP contribution in [-0.4, -0.2) is 29.3 Å². The van der Waals surface area contributed by atoms with Crippen molar-refractivity contribution in [2.45, 2.75) is 20.4 Å². The second-order valence-electron chi connectivity index (χ2n) is 6.61. The van der Waals surface area contributed by atoms with Crippen LogP contribution in [0.1, 0.15) is 12.6 Å². The molecular weight excluding hydrogens is 354 g/mol. The molecule has 0 aliphatic heterocycles. The summed E-state index contributed by atoms with van der Waals surface area (Å²) >= 11 is 0. The van der Waals surface area contributed by atoms with Crippen LogP contribution in [0.25, 0.3) is 38.7 Å². The Balaban J connectivity index is 1.89. The molecule has 0 aliphatic carbocycles. The fourth-order valence-corrected chi connectivity index (χ4v) is 3.59. The number of fused-ring (bicyclic) bond motifs is 4. The molecule has 0 atom stereocenters. The molecule has 4 heterocycles. The first-order chi connectivity index (χ1) is 13.6. The van der Waals surface area contributed by atoms with E-state index in [2.05, 4.69) is 20.1 Å². The average molecular weight is 371 g/mol. The molecule has 5 rings (SSSR count). The fourth-order valence-electron chi connectivity index (χ4n) is 3.59. The molecule has 8 nitrogen and oxygen atoms in total. The number of benzene rings is 1. The molecule has 0 saturated heterocycles. The molecule has 0 fully saturated rings. The monoisotopic (exact) mass is 371 g/mol. The molecular formula is C20H17N7O. The van der Waals surface area contributed by atoms with Crippen molar-refractivity contribution >= 4 is 38.8 Å². The quantitative estimate of drug-likeness (QED) is 0.478. The van der Waals surface area contributed by atoms with Gasteiger partial charge < -0.3 is 5.73 Å². The van der Waals surface area contributed by atoms with Crippen LogP contribution >= 0.6 is 0 Å². The Morgan fingerprint density at radius 3 is 2.68 bits per heavy atom. The van der Waals surface area contributed by atoms with Gasteiger partial charge in [-0.1, -0.05) is 18.2 Å². The summed E-state index contributed by atoms with van der Waals surface area (Å²) in [6.45, 7) is 4.23. The number of anilines is 1. The zero-order chi connectivity index (χ0) is 19.4. The lowest BCUT2D eigenvalue weighted by Crippen LogP contribution is -2.25. The van der Waals surface area contributed by atoms with Gasteiger partial charge >= 0.3 is 5.69 Å². The summed E-state index contributed by atoms with van der Waals surface area (Å²) in [5.41, 5.74) is 9.26. The highest BCUT2D eigenvalue weighted by molar-refractivity contribution is 6.07. The lowest BCUT2D eigenvalue weighted by atomic mass is 10.1. The molecule has 0 radical (unpaired) electrons. The van der Waals surface area contributed by atoms with Gasteiger partial charge in [0.2, 0.25) is 0 Å². The smallest absolute Gasteiger partial charge is 0.351 e. The molecule has 5 aromatic rings. The minimum atomic E-state index is -0.402. The van der Waals surface area contributed by atoms with Crippen LogP contribution in [0.5, 0.6) is 0 Å². The van der Waals surface area contributed by atoms with Crippen LogP contribution in [-0.2, 0) is 6.54 Å². The summed E-state index contributed by atoms with van der Waals surface area (Å²) in [6.07, 6.45) is 1.76. The molecule has 4 aromatic heterocycles. The Bertz CT molecular complexity index is 1430. The van der Waals surface area contributed by atoms with E-state index in [9.17, 15) is 4.79 Å². The number of para-hydroxylation sites is 1. The van der Waals surface area contributed by atoms with E-state index in [1.807, 2.05) is 50.2 Å². The molecule has 0 amide bonds. The summed E-state index contributed by atoms with van der Waals surface area (Å²) in [5.74, 6) is 0.365. The number of hydrogen-bond acceptors (Lipinski definition) is 6. The normalized spacial score (nSPS) is 11.6. The van der Waals surface area contributed by atoms with Gasteiger partial charge in [-0.05, 0) is 32.0 Å². The van der Waals surface area contributed by atoms with Gasteiger partial charge in [0, 0.05) is 18.1 Å². The van der Waals surface area contributed by atoms with E-state index in [1.54, 1.807) is 10.9 Å². The maximum atomic E-state index is 12.2. The van der Waals surface area contributed by atoms with Crippen LogP contribution in [0.15, 0.2) is 47.4 Å². The highest BCUT2D eigenvalue weighted by Crippen LogP contribution is 2.29. The molecule has 0 unspecified atom stereocenters. The minimum Gasteiger partial charge on any atom is -0.384 e. The van der Waals surface area contributed by atoms with E-state index in [1.165, 1.54) is 4.57 Å². The van der Waals surface area contributed by atoms with Crippen LogP contribution in [0.3, 0.4) is 0 Å². The first-order valence-corrected chi connectivity index (χ1v) is 8.99. The van der Waals surface area contributed by atoms with E-state index in [4.69, 9.17) is 5.73 Å². The van der Waals surface area contributed by atoms with Crippen LogP contribution < -0.4 is 11.4 Å². The number of nitrogen functional groups attached to an aromatic ring is 1. The third-order valence-corrected chi connectivity index (χ3v) is 4.95. The first-order valence-electron chi connectivity index (χ1n) is 8.99. The van der Waals surface area contributed by atoms with Crippen LogP contribution in [0.2, 0.25) is 0 Å². The molecule has 0 aliphatic rings. The van der Waals surface area contributed by atoms with Crippen LogP contribution in [0.4, 0.5) is 5.82 Å². The third kappa shape index (κ3) is 2.21. The van der Waals surface area contributed by atoms with Crippen molar-refractivity contribution in [1.29, 1.82) is 0 Å². The summed E-state index contributed by atoms with van der Waals surface area (Å²) in [6, 6.07) is 11.7. The Kier molecular flexibility index (Phi) is 3.42. The van der Waals surface area contributed by atoms with Gasteiger partial charge in [0.15, 0.2) is 11.3 Å². The van der Waals surface area contributed by atoms with Gasteiger partial charge in [0.1, 0.15) is 5.82 Å². The molecule has 2 N–H and O–H groups in total. The predicted octanol–water partition coefficient (Wildman–Crippen LogP) is 2.59. The molecule has 1 aromatic carbocycles. The molecule has 138 valence electrons. The Labute approximate surface area is 159 Å². The second kappa shape index (κ2) is 5.85. The largest absolute Gasteiger partial charge is 0.384 e. The SMILES string of the molecule is CCn1c(N)c2cc3cnc4c(c(C)nn4-c4ccccc4)c3nc2nc1=O. The van der Waals surface area contributed by atoms with Crippen molar-refractivity contribution in [3.8, 4) is 5.69 Å². The van der Waals surface area contributed by atoms with Crippen LogP contribution in [0, 0.1) is 6.92 Å². The van der Waals surface area contributed by atoms with E-state index in [-0.39, 0.29) is 0 Å². The first kappa shape index (κ1) is 16.4. The number of nitrogens with zero attached hydrogens (tertiary/aromatic N) is 6. The van der Waals surface area contributed by atoms with Crippen molar-refractivity contribution in [2.24, 2.45) is 0 Å². The van der Waals surface area contributed by atoms with Crippen molar-refractivity contribution in [1.82, 2.24) is 29.3 Å². The number of aromatic nitrogens is 6. The van der Waals surface area contributed by atoms with Gasteiger partial charge in [0.25, 0.3) is 0 Å². The van der Waals surface area contributed by atoms with Gasteiger partial charge in [-0.25, -0.2) is 19.4 Å². The third-order valence-electron chi connectivity index (χ3n) is 4.95. The number of nitrogens with two attached hydrogens (primary N) is 1. The molecule has 28 heavy (non-hydrogen) atoms. The van der Waals surface area contributed by atoms with Crippen molar-refractivity contribution < 1.29 is 0 Å². The number of hydrogen-bond donors (Lipinski definition) is 1. The highest BCUT2D eigenvalue weighted by atomic mass is 16.1. The predicted molar refractivity (Wildman–Crippen MR) is 109 cm³/mol. The molecule has 8 heteroatoms. The lowest BCUT2D eigenvalue weighted by molar-refractivity contribution is 0.718. The van der Waals surface area contributed by atoms with E-state index in [0.29, 0.717) is 34.6 Å². The van der Waals surface area contributed by atoms with E-state index in [0.717, 1.165) is 22.2 Å². The Morgan fingerprint density at radius 2 is 1.93 bits per heavy atom. The Morgan fingerprint density at radius 1 is 1.14 bits per heavy atom. The van der Waals surface area contributed by atoms with E-state index < -0.39 is 5.69 Å². The molecule has 0 bridgehead atoms. The molecule has 0 spiro atoms. The van der Waals surface area contributed by atoms with Gasteiger partial charge in [-0.3, -0.25) is 4.57 Å². The number of rotatable bonds is 2. The van der Waals surface area contributed by atoms with E-state index >= 15 is 0 Å². The van der Waals surface area contributed by atoms with Gasteiger partial charge in [0.05, 0.1) is 27.7 Å². The maximum Gasteiger partial charge on any atom is 0.351 e. The average Bonchev–Trinajstić information content (AvgIpc) is 3.05. The van der Waals surface area contributed by atoms with Crippen molar-refractivity contribution in [3.63, 3.8) is 0 Å². The summed E-state index contributed by atoms with van der Waals surface area (Å²) in [5, 5.41) is 6.96. The second-order valence-corrected chi connectivity index (χ2v) is 6.61. The lowest BCUT2D eigenvalue weighted by Gasteiger charge is -2.09. The van der Waals surface area contributed by atoms with Crippen molar-refractivity contribution in [2.75, 3.05) is 5.73 Å². The van der Waals surface area contributed by atoms with Crippen molar-refractivity contribution in [3.05, 3.63) is 58.8 Å². The van der Waals surface area contributed by atoms with Gasteiger partial charge in [-0.15, -0.1) is 0 Å². The summed E-state index contributed by atoms with van der Waals surface area (Å²) in [7, 11) is 0. The Hall–Kier alpha value is -3.81. The summed E-state index contributed by atoms with van der Waals surface area (Å²) < 4.78 is 3.23. The fraction of sp³-hybridized carbons (Fsp3) is 0.150. The minimum absolute atomic E-state index is 0.332. The number of aryl methyl sites for hydroxylation is 1. The topological polar surface area (TPSA) is 105 Å². The van der Waals surface area contributed by atoms with Gasteiger partial charge in [-0.2, -0.15) is 10.1 Å². The zero-order valence-corrected chi connectivity index (χ0v) is 15.4. The standard InChI is InChI=1S/C20H17N7O/c1-3-26-17(21)14-9-12-10-22-19-15(16(12)23-18(14)24-20(26)28)11(2)25-27(19)13-7-5-4-6-8-13/h4-10H,3,21H2,1-2H3. The maximum absolute atomic E-state index is 12.2. The zero-order valence-electron chi connectivity index (χ0n) is 15.4.